The van der Waals surface area contributed by atoms with Gasteiger partial charge in [-0.3, -0.25) is 9.78 Å². The zero-order chi connectivity index (χ0) is 35.7. The number of anilines is 2. The summed E-state index contributed by atoms with van der Waals surface area (Å²) in [5.74, 6) is 0.479. The minimum absolute atomic E-state index is 0.0734. The van der Waals surface area contributed by atoms with Crippen molar-refractivity contribution in [1.29, 1.82) is 0 Å². The van der Waals surface area contributed by atoms with Crippen LogP contribution < -0.4 is 16.0 Å². The smallest absolute Gasteiger partial charge is 0.248 e. The largest absolute Gasteiger partial charge is 0.360 e. The predicted molar refractivity (Wildman–Crippen MR) is 206 cm³/mol. The summed E-state index contributed by atoms with van der Waals surface area (Å²) in [6.07, 6.45) is 12.0. The number of hydrogen-bond donors (Lipinski definition) is 3. The Morgan fingerprint density at radius 3 is 2.70 bits per heavy atom. The number of hydrogen-bond acceptors (Lipinski definition) is 9. The lowest BCUT2D eigenvalue weighted by Gasteiger charge is -2.39. The Kier molecular flexibility index (Phi) is 12.5. The molecule has 0 radical (unpaired) electrons. The van der Waals surface area contributed by atoms with Gasteiger partial charge in [0.2, 0.25) is 11.9 Å². The lowest BCUT2D eigenvalue weighted by Crippen LogP contribution is -2.48. The number of carbonyl (C=O) groups is 1. The van der Waals surface area contributed by atoms with Gasteiger partial charge in [0.25, 0.3) is 0 Å². The standard InChI is InChI=1S/C38H55N9O2Si/c1-8-28-24-40-37(44-35(28)36-32-14-9-10-15-33(32)45-47(36)27-49-21-22-50(5,6)7)43-29-13-11-19-38(2,23-29)41-26-30-17-18-31(25-39-30)42-34(48)16-12-20-46(3)4/h9-10,12,14-18,24-25,29,41H,8,11,13,19-23,26-27H2,1-7H3,(H,42,48)(H,40,43,44)/b16-12+/t29-,38+/m1/s1. The van der Waals surface area contributed by atoms with Gasteiger partial charge in [0.05, 0.1) is 34.5 Å². The molecule has 3 aromatic heterocycles. The number of fused-ring (bicyclic) bond motifs is 1. The number of likely N-dealkylation sites (N-methyl/N-ethyl adjacent to an activating group) is 1. The summed E-state index contributed by atoms with van der Waals surface area (Å²) in [5.41, 5.74) is 5.43. The number of carbonyl (C=O) groups excluding carboxylic acids is 1. The van der Waals surface area contributed by atoms with E-state index in [2.05, 4.69) is 66.6 Å². The number of benzene rings is 1. The van der Waals surface area contributed by atoms with Gasteiger partial charge in [-0.2, -0.15) is 5.10 Å². The lowest BCUT2D eigenvalue weighted by molar-refractivity contribution is -0.111. The van der Waals surface area contributed by atoms with Crippen LogP contribution in [0.15, 0.2) is 60.9 Å². The van der Waals surface area contributed by atoms with Crippen molar-refractivity contribution < 1.29 is 9.53 Å². The highest BCUT2D eigenvalue weighted by molar-refractivity contribution is 6.76. The van der Waals surface area contributed by atoms with Crippen molar-refractivity contribution in [2.45, 2.75) is 96.5 Å². The van der Waals surface area contributed by atoms with Gasteiger partial charge in [-0.05, 0) is 82.9 Å². The third-order valence-corrected chi connectivity index (χ3v) is 10.9. The lowest BCUT2D eigenvalue weighted by atomic mass is 9.80. The van der Waals surface area contributed by atoms with Crippen LogP contribution in [0.4, 0.5) is 11.6 Å². The van der Waals surface area contributed by atoms with Gasteiger partial charge < -0.3 is 25.6 Å². The van der Waals surface area contributed by atoms with Gasteiger partial charge >= 0.3 is 0 Å². The normalized spacial score (nSPS) is 18.3. The molecule has 2 atom stereocenters. The molecule has 3 N–H and O–H groups in total. The molecule has 0 saturated heterocycles. The van der Waals surface area contributed by atoms with Crippen molar-refractivity contribution in [1.82, 2.24) is 34.9 Å². The van der Waals surface area contributed by atoms with Crippen LogP contribution in [0.25, 0.3) is 22.3 Å². The van der Waals surface area contributed by atoms with Crippen molar-refractivity contribution >= 4 is 36.5 Å². The maximum atomic E-state index is 12.2. The molecule has 0 aliphatic heterocycles. The van der Waals surface area contributed by atoms with E-state index in [9.17, 15) is 4.79 Å². The monoisotopic (exact) mass is 697 g/mol. The van der Waals surface area contributed by atoms with Crippen molar-refractivity contribution in [2.75, 3.05) is 37.9 Å². The Morgan fingerprint density at radius 1 is 1.14 bits per heavy atom. The van der Waals surface area contributed by atoms with Crippen molar-refractivity contribution in [3.05, 3.63) is 72.2 Å². The molecule has 5 rings (SSSR count). The SMILES string of the molecule is CCc1cnc(N[C@@H]2CCC[C@](C)(NCc3ccc(NC(=O)/C=C/CN(C)C)cn3)C2)nc1-c1c2ccccc2nn1COCC[Si](C)(C)C. The van der Waals surface area contributed by atoms with Crippen LogP contribution in [0.2, 0.25) is 25.7 Å². The molecule has 11 nitrogen and oxygen atoms in total. The number of ether oxygens (including phenoxy) is 1. The van der Waals surface area contributed by atoms with Crippen LogP contribution in [-0.4, -0.2) is 82.4 Å². The molecule has 268 valence electrons. The van der Waals surface area contributed by atoms with Crippen LogP contribution in [0.1, 0.15) is 50.8 Å². The first-order valence-corrected chi connectivity index (χ1v) is 21.6. The summed E-state index contributed by atoms with van der Waals surface area (Å²) in [5, 5.41) is 16.3. The van der Waals surface area contributed by atoms with Crippen LogP contribution in [-0.2, 0) is 29.2 Å². The molecule has 3 heterocycles. The molecule has 0 spiro atoms. The fourth-order valence-corrected chi connectivity index (χ4v) is 7.06. The third-order valence-electron chi connectivity index (χ3n) is 9.17. The van der Waals surface area contributed by atoms with Gasteiger partial charge in [0.15, 0.2) is 0 Å². The van der Waals surface area contributed by atoms with E-state index in [1.54, 1.807) is 12.3 Å². The summed E-state index contributed by atoms with van der Waals surface area (Å²) in [6.45, 7) is 14.0. The number of rotatable bonds is 16. The van der Waals surface area contributed by atoms with E-state index >= 15 is 0 Å². The molecule has 50 heavy (non-hydrogen) atoms. The fourth-order valence-electron chi connectivity index (χ4n) is 6.31. The number of nitrogens with one attached hydrogen (secondary N) is 3. The highest BCUT2D eigenvalue weighted by Crippen LogP contribution is 2.33. The van der Waals surface area contributed by atoms with E-state index < -0.39 is 8.07 Å². The number of nitrogens with zero attached hydrogens (tertiary/aromatic N) is 6. The summed E-state index contributed by atoms with van der Waals surface area (Å²) in [7, 11) is 2.73. The Labute approximate surface area is 298 Å². The number of pyridine rings is 1. The first-order chi connectivity index (χ1) is 23.9. The summed E-state index contributed by atoms with van der Waals surface area (Å²) in [6, 6.07) is 13.4. The maximum absolute atomic E-state index is 12.2. The van der Waals surface area contributed by atoms with E-state index in [1.165, 1.54) is 0 Å². The van der Waals surface area contributed by atoms with Gasteiger partial charge in [-0.1, -0.05) is 50.8 Å². The number of amides is 1. The van der Waals surface area contributed by atoms with E-state index in [4.69, 9.17) is 19.8 Å². The predicted octanol–water partition coefficient (Wildman–Crippen LogP) is 6.72. The third kappa shape index (κ3) is 10.5. The second kappa shape index (κ2) is 16.8. The van der Waals surface area contributed by atoms with Crippen LogP contribution in [0, 0.1) is 0 Å². The maximum Gasteiger partial charge on any atom is 0.248 e. The van der Waals surface area contributed by atoms with E-state index in [0.29, 0.717) is 31.5 Å². The van der Waals surface area contributed by atoms with Gasteiger partial charge in [-0.15, -0.1) is 0 Å². The Balaban J connectivity index is 1.24. The minimum Gasteiger partial charge on any atom is -0.360 e. The molecule has 0 unspecified atom stereocenters. The summed E-state index contributed by atoms with van der Waals surface area (Å²) >= 11 is 0. The van der Waals surface area contributed by atoms with Crippen molar-refractivity contribution in [3.8, 4) is 11.4 Å². The second-order valence-corrected chi connectivity index (χ2v) is 20.8. The molecule has 1 aliphatic rings. The van der Waals surface area contributed by atoms with Crippen LogP contribution >= 0.6 is 0 Å². The van der Waals surface area contributed by atoms with E-state index in [-0.39, 0.29) is 17.5 Å². The summed E-state index contributed by atoms with van der Waals surface area (Å²) in [4.78, 5) is 28.7. The Morgan fingerprint density at radius 2 is 1.96 bits per heavy atom. The zero-order valence-corrected chi connectivity index (χ0v) is 31.9. The van der Waals surface area contributed by atoms with E-state index in [1.807, 2.05) is 60.2 Å². The van der Waals surface area contributed by atoms with Gasteiger partial charge in [-0.25, -0.2) is 14.6 Å². The highest BCUT2D eigenvalue weighted by atomic mass is 28.3. The fraction of sp³-hybridized carbons (Fsp3) is 0.500. The summed E-state index contributed by atoms with van der Waals surface area (Å²) < 4.78 is 8.15. The molecule has 1 aromatic carbocycles. The zero-order valence-electron chi connectivity index (χ0n) is 30.9. The first kappa shape index (κ1) is 37.3. The average molecular weight is 698 g/mol. The molecule has 0 bridgehead atoms. The van der Waals surface area contributed by atoms with E-state index in [0.717, 1.165) is 78.3 Å². The van der Waals surface area contributed by atoms with Crippen molar-refractivity contribution in [2.24, 2.45) is 0 Å². The number of aryl methyl sites for hydroxylation is 1. The minimum atomic E-state index is -1.20. The molecular formula is C38H55N9O2Si. The molecular weight excluding hydrogens is 643 g/mol. The number of aromatic nitrogens is 5. The van der Waals surface area contributed by atoms with Gasteiger partial charge in [0, 0.05) is 57.0 Å². The molecule has 1 fully saturated rings. The molecule has 12 heteroatoms. The topological polar surface area (TPSA) is 122 Å². The highest BCUT2D eigenvalue weighted by Gasteiger charge is 2.32. The van der Waals surface area contributed by atoms with Crippen molar-refractivity contribution in [3.63, 3.8) is 0 Å². The molecule has 1 saturated carbocycles. The van der Waals surface area contributed by atoms with Crippen LogP contribution in [0.5, 0.6) is 0 Å². The van der Waals surface area contributed by atoms with Gasteiger partial charge in [0.1, 0.15) is 6.73 Å². The Bertz CT molecular complexity index is 1750. The average Bonchev–Trinajstić information content (AvgIpc) is 3.44. The van der Waals surface area contributed by atoms with Crippen LogP contribution in [0.3, 0.4) is 0 Å². The Hall–Kier alpha value is -3.97. The molecule has 4 aromatic rings. The second-order valence-electron chi connectivity index (χ2n) is 15.2. The first-order valence-electron chi connectivity index (χ1n) is 17.9. The quantitative estimate of drug-likeness (QED) is 0.0665. The molecule has 1 aliphatic carbocycles. The molecule has 1 amide bonds.